The summed E-state index contributed by atoms with van der Waals surface area (Å²) in [5.74, 6) is -0.0139. The second kappa shape index (κ2) is 8.24. The van der Waals surface area contributed by atoms with Gasteiger partial charge < -0.3 is 15.1 Å². The lowest BCUT2D eigenvalue weighted by molar-refractivity contribution is -0.134. The van der Waals surface area contributed by atoms with Crippen LogP contribution in [0.2, 0.25) is 0 Å². The van der Waals surface area contributed by atoms with Gasteiger partial charge in [-0.15, -0.1) is 0 Å². The van der Waals surface area contributed by atoms with Crippen LogP contribution < -0.4 is 5.32 Å². The number of nitrogens with zero attached hydrogens (tertiary/aromatic N) is 2. The molecule has 0 aromatic heterocycles. The lowest BCUT2D eigenvalue weighted by atomic mass is 10.0. The fraction of sp³-hybridized carbons (Fsp3) is 0.556. The minimum absolute atomic E-state index is 0.0135. The fourth-order valence-electron chi connectivity index (χ4n) is 3.03. The van der Waals surface area contributed by atoms with Crippen LogP contribution in [0.4, 0.5) is 4.39 Å². The fourth-order valence-corrected chi connectivity index (χ4v) is 3.03. The van der Waals surface area contributed by atoms with Crippen LogP contribution in [0.5, 0.6) is 0 Å². The summed E-state index contributed by atoms with van der Waals surface area (Å²) in [6.45, 7) is 5.81. The Hall–Kier alpha value is -1.95. The second-order valence-corrected chi connectivity index (χ2v) is 6.58. The first-order valence-electron chi connectivity index (χ1n) is 8.38. The molecule has 0 spiro atoms. The smallest absolute Gasteiger partial charge is 0.236 e. The molecule has 0 radical (unpaired) electrons. The van der Waals surface area contributed by atoms with Crippen molar-refractivity contribution in [2.24, 2.45) is 5.92 Å². The molecule has 1 saturated heterocycles. The SMILES string of the molecule is CNCC(=O)N1CCC(=O)N(Cc2ccc(F)cc2)[C@H](C(C)C)C1. The largest absolute Gasteiger partial charge is 0.339 e. The summed E-state index contributed by atoms with van der Waals surface area (Å²) in [4.78, 5) is 28.5. The Morgan fingerprint density at radius 2 is 2.00 bits per heavy atom. The van der Waals surface area contributed by atoms with Gasteiger partial charge in [-0.3, -0.25) is 9.59 Å². The first-order chi connectivity index (χ1) is 11.4. The summed E-state index contributed by atoms with van der Waals surface area (Å²) in [6, 6.07) is 6.17. The van der Waals surface area contributed by atoms with Crippen molar-refractivity contribution in [1.82, 2.24) is 15.1 Å². The number of benzene rings is 1. The Morgan fingerprint density at radius 1 is 1.33 bits per heavy atom. The highest BCUT2D eigenvalue weighted by molar-refractivity contribution is 5.81. The van der Waals surface area contributed by atoms with Gasteiger partial charge in [0.2, 0.25) is 11.8 Å². The molecule has 0 bridgehead atoms. The Balaban J connectivity index is 2.19. The number of nitrogens with one attached hydrogen (secondary N) is 1. The number of hydrogen-bond donors (Lipinski definition) is 1. The van der Waals surface area contributed by atoms with Crippen LogP contribution in [-0.4, -0.2) is 54.3 Å². The number of carbonyl (C=O) groups is 2. The highest BCUT2D eigenvalue weighted by atomic mass is 19.1. The molecule has 1 aromatic rings. The topological polar surface area (TPSA) is 52.7 Å². The molecule has 0 aliphatic carbocycles. The molecule has 1 heterocycles. The summed E-state index contributed by atoms with van der Waals surface area (Å²) >= 11 is 0. The van der Waals surface area contributed by atoms with E-state index in [1.165, 1.54) is 12.1 Å². The third kappa shape index (κ3) is 4.54. The van der Waals surface area contributed by atoms with Crippen molar-refractivity contribution in [3.63, 3.8) is 0 Å². The molecular weight excluding hydrogens is 309 g/mol. The van der Waals surface area contributed by atoms with E-state index in [2.05, 4.69) is 19.2 Å². The van der Waals surface area contributed by atoms with E-state index in [1.54, 1.807) is 24.1 Å². The van der Waals surface area contributed by atoms with E-state index in [-0.39, 0.29) is 36.1 Å². The van der Waals surface area contributed by atoms with Crippen molar-refractivity contribution in [2.75, 3.05) is 26.7 Å². The van der Waals surface area contributed by atoms with Gasteiger partial charge in [0.1, 0.15) is 5.82 Å². The standard InChI is InChI=1S/C18H26FN3O2/c1-13(2)16-12-21(18(24)10-20-3)9-8-17(23)22(16)11-14-4-6-15(19)7-5-14/h4-7,13,16,20H,8-12H2,1-3H3/t16-/m0/s1. The van der Waals surface area contributed by atoms with Crippen LogP contribution in [0.25, 0.3) is 0 Å². The maximum atomic E-state index is 13.1. The summed E-state index contributed by atoms with van der Waals surface area (Å²) in [5.41, 5.74) is 0.894. The van der Waals surface area contributed by atoms with Crippen molar-refractivity contribution < 1.29 is 14.0 Å². The first kappa shape index (κ1) is 18.4. The summed E-state index contributed by atoms with van der Waals surface area (Å²) in [5, 5.41) is 2.87. The van der Waals surface area contributed by atoms with Gasteiger partial charge in [0.25, 0.3) is 0 Å². The van der Waals surface area contributed by atoms with Gasteiger partial charge in [-0.05, 0) is 30.7 Å². The maximum Gasteiger partial charge on any atom is 0.236 e. The van der Waals surface area contributed by atoms with Crippen molar-refractivity contribution in [1.29, 1.82) is 0 Å². The van der Waals surface area contributed by atoms with Crippen molar-refractivity contribution in [3.8, 4) is 0 Å². The highest BCUT2D eigenvalue weighted by Crippen LogP contribution is 2.21. The van der Waals surface area contributed by atoms with E-state index in [4.69, 9.17) is 0 Å². The molecule has 1 atom stereocenters. The van der Waals surface area contributed by atoms with Crippen LogP contribution in [0.1, 0.15) is 25.8 Å². The molecule has 1 aromatic carbocycles. The molecule has 132 valence electrons. The second-order valence-electron chi connectivity index (χ2n) is 6.58. The van der Waals surface area contributed by atoms with Gasteiger partial charge in [0, 0.05) is 26.1 Å². The third-order valence-electron chi connectivity index (χ3n) is 4.44. The summed E-state index contributed by atoms with van der Waals surface area (Å²) in [7, 11) is 1.74. The van der Waals surface area contributed by atoms with Crippen LogP contribution in [0.3, 0.4) is 0 Å². The quantitative estimate of drug-likeness (QED) is 0.890. The van der Waals surface area contributed by atoms with E-state index < -0.39 is 0 Å². The van der Waals surface area contributed by atoms with Gasteiger partial charge >= 0.3 is 0 Å². The van der Waals surface area contributed by atoms with E-state index in [9.17, 15) is 14.0 Å². The van der Waals surface area contributed by atoms with Gasteiger partial charge in [-0.25, -0.2) is 4.39 Å². The third-order valence-corrected chi connectivity index (χ3v) is 4.44. The molecule has 1 aliphatic rings. The average Bonchev–Trinajstić information content (AvgIpc) is 2.70. The van der Waals surface area contributed by atoms with Crippen molar-refractivity contribution in [3.05, 3.63) is 35.6 Å². The summed E-state index contributed by atoms with van der Waals surface area (Å²) < 4.78 is 13.1. The molecule has 2 amide bonds. The predicted octanol–water partition coefficient (Wildman–Crippen LogP) is 1.63. The predicted molar refractivity (Wildman–Crippen MR) is 90.7 cm³/mol. The van der Waals surface area contributed by atoms with Gasteiger partial charge in [0.15, 0.2) is 0 Å². The molecule has 2 rings (SSSR count). The molecule has 0 unspecified atom stereocenters. The lowest BCUT2D eigenvalue weighted by Gasteiger charge is -2.34. The number of hydrogen-bond acceptors (Lipinski definition) is 3. The minimum atomic E-state index is -0.287. The van der Waals surface area contributed by atoms with Gasteiger partial charge in [-0.2, -0.15) is 0 Å². The molecule has 1 aliphatic heterocycles. The van der Waals surface area contributed by atoms with Crippen LogP contribution >= 0.6 is 0 Å². The van der Waals surface area contributed by atoms with E-state index in [0.29, 0.717) is 26.1 Å². The molecule has 1 fully saturated rings. The molecule has 5 nitrogen and oxygen atoms in total. The molecule has 0 saturated carbocycles. The van der Waals surface area contributed by atoms with Crippen LogP contribution in [0, 0.1) is 11.7 Å². The maximum absolute atomic E-state index is 13.1. The molecule has 6 heteroatoms. The Bertz CT molecular complexity index is 574. The summed E-state index contributed by atoms with van der Waals surface area (Å²) in [6.07, 6.45) is 0.319. The first-order valence-corrected chi connectivity index (χ1v) is 8.38. The van der Waals surface area contributed by atoms with Crippen LogP contribution in [0.15, 0.2) is 24.3 Å². The van der Waals surface area contributed by atoms with E-state index in [0.717, 1.165) is 5.56 Å². The Labute approximate surface area is 142 Å². The Morgan fingerprint density at radius 3 is 2.58 bits per heavy atom. The normalized spacial score (nSPS) is 18.9. The van der Waals surface area contributed by atoms with E-state index >= 15 is 0 Å². The lowest BCUT2D eigenvalue weighted by Crippen LogP contribution is -2.48. The monoisotopic (exact) mass is 335 g/mol. The zero-order valence-corrected chi connectivity index (χ0v) is 14.6. The zero-order chi connectivity index (χ0) is 17.7. The van der Waals surface area contributed by atoms with Gasteiger partial charge in [-0.1, -0.05) is 26.0 Å². The zero-order valence-electron chi connectivity index (χ0n) is 14.6. The molecular formula is C18H26FN3O2. The number of halogens is 1. The molecule has 1 N–H and O–H groups in total. The minimum Gasteiger partial charge on any atom is -0.339 e. The molecule has 24 heavy (non-hydrogen) atoms. The number of carbonyl (C=O) groups excluding carboxylic acids is 2. The van der Waals surface area contributed by atoms with Crippen LogP contribution in [-0.2, 0) is 16.1 Å². The number of amides is 2. The number of likely N-dealkylation sites (N-methyl/N-ethyl adjacent to an activating group) is 1. The average molecular weight is 335 g/mol. The van der Waals surface area contributed by atoms with Gasteiger partial charge in [0.05, 0.1) is 12.6 Å². The van der Waals surface area contributed by atoms with E-state index in [1.807, 2.05) is 4.90 Å². The Kier molecular flexibility index (Phi) is 6.31. The number of rotatable bonds is 5. The van der Waals surface area contributed by atoms with Crippen molar-refractivity contribution in [2.45, 2.75) is 32.9 Å². The van der Waals surface area contributed by atoms with Crippen molar-refractivity contribution >= 4 is 11.8 Å². The highest BCUT2D eigenvalue weighted by Gasteiger charge is 2.33.